The SMILES string of the molecule is Cn1cc2c3c([n+](C)ccc31)C(O)O[C@H]([C@@H](O)CO)[C@H]2O. The lowest BCUT2D eigenvalue weighted by molar-refractivity contribution is -0.685. The first-order valence-corrected chi connectivity index (χ1v) is 6.73. The number of aliphatic hydroxyl groups is 4. The van der Waals surface area contributed by atoms with E-state index in [9.17, 15) is 15.3 Å². The Morgan fingerprint density at radius 3 is 2.81 bits per heavy atom. The number of pyridine rings is 1. The highest BCUT2D eigenvalue weighted by Crippen LogP contribution is 2.38. The summed E-state index contributed by atoms with van der Waals surface area (Å²) in [6.45, 7) is -0.563. The molecule has 0 saturated heterocycles. The van der Waals surface area contributed by atoms with E-state index in [1.807, 2.05) is 17.7 Å². The van der Waals surface area contributed by atoms with Crippen LogP contribution in [0.15, 0.2) is 18.5 Å². The molecule has 2 aromatic rings. The Kier molecular flexibility index (Phi) is 3.46. The molecule has 0 fully saturated rings. The lowest BCUT2D eigenvalue weighted by Gasteiger charge is -2.25. The molecular weight excluding hydrogens is 276 g/mol. The zero-order valence-corrected chi connectivity index (χ0v) is 11.8. The number of hydrogen-bond acceptors (Lipinski definition) is 5. The van der Waals surface area contributed by atoms with Gasteiger partial charge in [0.05, 0.1) is 17.5 Å². The molecule has 3 heterocycles. The summed E-state index contributed by atoms with van der Waals surface area (Å²) in [5.41, 5.74) is 1.92. The van der Waals surface area contributed by atoms with Crippen LogP contribution in [-0.2, 0) is 18.8 Å². The Balaban J connectivity index is 2.27. The van der Waals surface area contributed by atoms with Gasteiger partial charge in [-0.15, -0.1) is 0 Å². The Morgan fingerprint density at radius 2 is 2.14 bits per heavy atom. The average Bonchev–Trinajstić information content (AvgIpc) is 2.74. The van der Waals surface area contributed by atoms with Gasteiger partial charge in [0.25, 0.3) is 0 Å². The van der Waals surface area contributed by atoms with Crippen molar-refractivity contribution in [2.45, 2.75) is 24.6 Å². The summed E-state index contributed by atoms with van der Waals surface area (Å²) in [6, 6.07) is 1.88. The molecule has 0 aliphatic carbocycles. The highest BCUT2D eigenvalue weighted by atomic mass is 16.6. The number of hydrogen-bond donors (Lipinski definition) is 4. The normalized spacial score (nSPS) is 26.9. The Hall–Kier alpha value is -1.51. The summed E-state index contributed by atoms with van der Waals surface area (Å²) in [7, 11) is 3.61. The average molecular weight is 295 g/mol. The van der Waals surface area contributed by atoms with Gasteiger partial charge in [-0.1, -0.05) is 0 Å². The number of rotatable bonds is 2. The third-order valence-electron chi connectivity index (χ3n) is 4.07. The fourth-order valence-corrected chi connectivity index (χ4v) is 2.98. The molecule has 4 atom stereocenters. The zero-order valence-electron chi connectivity index (χ0n) is 11.8. The van der Waals surface area contributed by atoms with Crippen molar-refractivity contribution in [1.82, 2.24) is 4.57 Å². The van der Waals surface area contributed by atoms with Gasteiger partial charge in [0.1, 0.15) is 25.4 Å². The van der Waals surface area contributed by atoms with E-state index in [1.165, 1.54) is 0 Å². The van der Waals surface area contributed by atoms with E-state index in [1.54, 1.807) is 24.0 Å². The molecule has 0 amide bonds. The fraction of sp³-hybridized carbons (Fsp3) is 0.500. The lowest BCUT2D eigenvalue weighted by atomic mass is 10.0. The van der Waals surface area contributed by atoms with Crippen LogP contribution in [0.25, 0.3) is 10.9 Å². The van der Waals surface area contributed by atoms with Crippen LogP contribution in [0.4, 0.5) is 0 Å². The topological polar surface area (TPSA) is 99.0 Å². The van der Waals surface area contributed by atoms with Crippen molar-refractivity contribution in [2.75, 3.05) is 6.61 Å². The smallest absolute Gasteiger partial charge is 0.247 e. The van der Waals surface area contributed by atoms with Crippen LogP contribution in [0.5, 0.6) is 0 Å². The minimum Gasteiger partial charge on any atom is -0.394 e. The lowest BCUT2D eigenvalue weighted by Crippen LogP contribution is -2.39. The quantitative estimate of drug-likeness (QED) is 0.521. The maximum Gasteiger partial charge on any atom is 0.247 e. The van der Waals surface area contributed by atoms with Crippen LogP contribution < -0.4 is 4.57 Å². The minimum absolute atomic E-state index is 0.509. The maximum atomic E-state index is 10.5. The van der Waals surface area contributed by atoms with Gasteiger partial charge in [-0.05, 0) is 0 Å². The Morgan fingerprint density at radius 1 is 1.43 bits per heavy atom. The van der Waals surface area contributed by atoms with Crippen molar-refractivity contribution in [2.24, 2.45) is 14.1 Å². The summed E-state index contributed by atoms with van der Waals surface area (Å²) in [4.78, 5) is 0. The minimum atomic E-state index is -1.30. The van der Waals surface area contributed by atoms with Crippen LogP contribution >= 0.6 is 0 Å². The number of nitrogens with zero attached hydrogens (tertiary/aromatic N) is 2. The highest BCUT2D eigenvalue weighted by Gasteiger charge is 2.40. The van der Waals surface area contributed by atoms with E-state index in [2.05, 4.69) is 0 Å². The van der Waals surface area contributed by atoms with Gasteiger partial charge < -0.3 is 29.7 Å². The van der Waals surface area contributed by atoms with E-state index >= 15 is 0 Å². The predicted molar refractivity (Wildman–Crippen MR) is 72.0 cm³/mol. The molecule has 0 aromatic carbocycles. The van der Waals surface area contributed by atoms with Crippen molar-refractivity contribution < 1.29 is 29.7 Å². The fourth-order valence-electron chi connectivity index (χ4n) is 2.98. The van der Waals surface area contributed by atoms with Crippen LogP contribution in [0, 0.1) is 0 Å². The summed E-state index contributed by atoms with van der Waals surface area (Å²) in [6.07, 6.45) is -1.30. The number of aliphatic hydroxyl groups excluding tert-OH is 4. The molecule has 2 aromatic heterocycles. The van der Waals surface area contributed by atoms with Crippen LogP contribution in [0.1, 0.15) is 23.7 Å². The molecule has 0 radical (unpaired) electrons. The van der Waals surface area contributed by atoms with E-state index in [0.717, 1.165) is 5.52 Å². The van der Waals surface area contributed by atoms with E-state index in [0.29, 0.717) is 16.6 Å². The Labute approximate surface area is 121 Å². The van der Waals surface area contributed by atoms with Gasteiger partial charge in [0.15, 0.2) is 6.20 Å². The van der Waals surface area contributed by atoms with Crippen LogP contribution in [0.2, 0.25) is 0 Å². The van der Waals surface area contributed by atoms with Crippen LogP contribution in [-0.4, -0.2) is 43.8 Å². The molecule has 114 valence electrons. The molecule has 7 nitrogen and oxygen atoms in total. The summed E-state index contributed by atoms with van der Waals surface area (Å²) >= 11 is 0. The molecule has 1 aliphatic rings. The largest absolute Gasteiger partial charge is 0.394 e. The molecular formula is C14H19N2O5+. The third kappa shape index (κ3) is 2.05. The van der Waals surface area contributed by atoms with E-state index in [4.69, 9.17) is 9.84 Å². The first-order valence-electron chi connectivity index (χ1n) is 6.73. The maximum absolute atomic E-state index is 10.5. The predicted octanol–water partition coefficient (Wildman–Crippen LogP) is -1.22. The van der Waals surface area contributed by atoms with Gasteiger partial charge in [0, 0.05) is 24.9 Å². The van der Waals surface area contributed by atoms with Crippen LogP contribution in [0.3, 0.4) is 0 Å². The second-order valence-electron chi connectivity index (χ2n) is 5.42. The third-order valence-corrected chi connectivity index (χ3v) is 4.07. The summed E-state index contributed by atoms with van der Waals surface area (Å²) < 4.78 is 8.96. The van der Waals surface area contributed by atoms with Gasteiger partial charge in [-0.3, -0.25) is 0 Å². The molecule has 3 rings (SSSR count). The van der Waals surface area contributed by atoms with Crippen molar-refractivity contribution in [1.29, 1.82) is 0 Å². The van der Waals surface area contributed by atoms with Crippen molar-refractivity contribution in [3.63, 3.8) is 0 Å². The second kappa shape index (κ2) is 5.04. The van der Waals surface area contributed by atoms with E-state index < -0.39 is 31.2 Å². The molecule has 4 N–H and O–H groups in total. The molecule has 0 saturated carbocycles. The summed E-state index contributed by atoms with van der Waals surface area (Å²) in [5, 5.41) is 40.5. The standard InChI is InChI=1S/C14H19N2O5/c1-15-4-3-8-10-7(5-16(8)2)12(19)13(9(18)6-17)21-14(20)11(10)15/h3-5,9,12-14,17-20H,6H2,1-2H3/q+1/t9-,12-,13+,14?/m0/s1. The molecule has 0 spiro atoms. The van der Waals surface area contributed by atoms with Crippen molar-refractivity contribution in [3.8, 4) is 0 Å². The molecule has 1 unspecified atom stereocenters. The zero-order chi connectivity index (χ0) is 15.3. The monoisotopic (exact) mass is 295 g/mol. The van der Waals surface area contributed by atoms with E-state index in [-0.39, 0.29) is 0 Å². The van der Waals surface area contributed by atoms with Gasteiger partial charge >= 0.3 is 0 Å². The number of ether oxygens (including phenoxy) is 1. The summed E-state index contributed by atoms with van der Waals surface area (Å²) in [5.74, 6) is 0. The molecule has 21 heavy (non-hydrogen) atoms. The van der Waals surface area contributed by atoms with Crippen molar-refractivity contribution >= 4 is 10.9 Å². The molecule has 0 bridgehead atoms. The first kappa shape index (κ1) is 14.4. The van der Waals surface area contributed by atoms with Gasteiger partial charge in [-0.2, -0.15) is 0 Å². The molecule has 7 heteroatoms. The van der Waals surface area contributed by atoms with Gasteiger partial charge in [0.2, 0.25) is 12.0 Å². The number of aryl methyl sites for hydroxylation is 2. The molecule has 1 aliphatic heterocycles. The Bertz CT molecular complexity index is 684. The van der Waals surface area contributed by atoms with Gasteiger partial charge in [-0.25, -0.2) is 4.57 Å². The number of aromatic nitrogens is 2. The highest BCUT2D eigenvalue weighted by molar-refractivity contribution is 5.86. The first-order chi connectivity index (χ1) is 9.95. The van der Waals surface area contributed by atoms with Crippen molar-refractivity contribution in [3.05, 3.63) is 29.7 Å². The second-order valence-corrected chi connectivity index (χ2v) is 5.42.